The molecule has 82 valence electrons. The van der Waals surface area contributed by atoms with Crippen molar-refractivity contribution >= 4 is 28.8 Å². The van der Waals surface area contributed by atoms with E-state index in [9.17, 15) is 4.79 Å². The second-order valence-corrected chi connectivity index (χ2v) is 6.02. The van der Waals surface area contributed by atoms with Crippen LogP contribution in [-0.2, 0) is 11.3 Å². The van der Waals surface area contributed by atoms with Crippen molar-refractivity contribution in [3.8, 4) is 0 Å². The van der Waals surface area contributed by atoms with E-state index >= 15 is 0 Å². The fourth-order valence-electron chi connectivity index (χ4n) is 1.70. The van der Waals surface area contributed by atoms with Gasteiger partial charge in [-0.05, 0) is 24.5 Å². The van der Waals surface area contributed by atoms with Crippen molar-refractivity contribution in [3.63, 3.8) is 0 Å². The van der Waals surface area contributed by atoms with Crippen LogP contribution in [0, 0.1) is 11.8 Å². The van der Waals surface area contributed by atoms with Crippen molar-refractivity contribution in [3.05, 3.63) is 21.3 Å². The first-order valence-corrected chi connectivity index (χ1v) is 6.26. The first-order chi connectivity index (χ1) is 7.08. The zero-order valence-corrected chi connectivity index (χ0v) is 10.4. The first kappa shape index (κ1) is 11.0. The Balaban J connectivity index is 1.92. The first-order valence-electron chi connectivity index (χ1n) is 5.07. The molecule has 4 heteroatoms. The number of nitrogens with zero attached hydrogens (tertiary/aromatic N) is 1. The van der Waals surface area contributed by atoms with E-state index in [2.05, 4.69) is 6.92 Å². The number of hydrogen-bond donors (Lipinski definition) is 0. The van der Waals surface area contributed by atoms with Gasteiger partial charge in [0.2, 0.25) is 5.91 Å². The number of amides is 1. The maximum Gasteiger partial charge on any atom is 0.226 e. The van der Waals surface area contributed by atoms with Crippen LogP contribution < -0.4 is 0 Å². The normalized spacial score (nSPS) is 23.9. The third kappa shape index (κ3) is 2.52. The van der Waals surface area contributed by atoms with Gasteiger partial charge in [0.25, 0.3) is 0 Å². The summed E-state index contributed by atoms with van der Waals surface area (Å²) in [6.45, 7) is 2.80. The molecule has 1 fully saturated rings. The van der Waals surface area contributed by atoms with Gasteiger partial charge in [0.05, 0.1) is 10.9 Å². The fraction of sp³-hybridized carbons (Fsp3) is 0.545. The number of carbonyl (C=O) groups is 1. The zero-order valence-electron chi connectivity index (χ0n) is 8.87. The highest BCUT2D eigenvalue weighted by molar-refractivity contribution is 7.16. The topological polar surface area (TPSA) is 20.3 Å². The summed E-state index contributed by atoms with van der Waals surface area (Å²) in [5, 5.41) is 0. The predicted octanol–water partition coefficient (Wildman–Crippen LogP) is 3.02. The minimum Gasteiger partial charge on any atom is -0.340 e. The van der Waals surface area contributed by atoms with Crippen LogP contribution in [0.4, 0.5) is 0 Å². The third-order valence-corrected chi connectivity index (χ3v) is 4.04. The third-order valence-electron chi connectivity index (χ3n) is 2.82. The number of hydrogen-bond acceptors (Lipinski definition) is 2. The van der Waals surface area contributed by atoms with Crippen LogP contribution in [0.5, 0.6) is 0 Å². The summed E-state index contributed by atoms with van der Waals surface area (Å²) < 4.78 is 0.783. The molecule has 0 bridgehead atoms. The van der Waals surface area contributed by atoms with Gasteiger partial charge in [-0.1, -0.05) is 18.5 Å². The van der Waals surface area contributed by atoms with E-state index in [-0.39, 0.29) is 11.8 Å². The van der Waals surface area contributed by atoms with E-state index in [4.69, 9.17) is 11.6 Å². The molecule has 1 aromatic rings. The molecule has 2 rings (SSSR count). The molecule has 0 aromatic carbocycles. The number of rotatable bonds is 3. The van der Waals surface area contributed by atoms with Gasteiger partial charge in [0.15, 0.2) is 0 Å². The molecule has 2 nitrogen and oxygen atoms in total. The molecule has 2 unspecified atom stereocenters. The average molecular weight is 244 g/mol. The molecule has 1 heterocycles. The van der Waals surface area contributed by atoms with Gasteiger partial charge in [-0.2, -0.15) is 0 Å². The minimum absolute atomic E-state index is 0.269. The van der Waals surface area contributed by atoms with Crippen LogP contribution in [0.15, 0.2) is 12.1 Å². The Morgan fingerprint density at radius 2 is 2.33 bits per heavy atom. The number of carbonyl (C=O) groups excluding carboxylic acids is 1. The van der Waals surface area contributed by atoms with Gasteiger partial charge in [0, 0.05) is 17.8 Å². The van der Waals surface area contributed by atoms with E-state index in [1.165, 1.54) is 11.3 Å². The lowest BCUT2D eigenvalue weighted by Crippen LogP contribution is -2.27. The Bertz CT molecular complexity index is 376. The molecular formula is C11H14ClNOS. The van der Waals surface area contributed by atoms with Crippen LogP contribution in [-0.4, -0.2) is 17.9 Å². The highest BCUT2D eigenvalue weighted by Gasteiger charge is 2.40. The second kappa shape index (κ2) is 4.14. The maximum absolute atomic E-state index is 11.8. The summed E-state index contributed by atoms with van der Waals surface area (Å²) in [7, 11) is 1.86. The molecular weight excluding hydrogens is 230 g/mol. The highest BCUT2D eigenvalue weighted by Crippen LogP contribution is 2.39. The Kier molecular flexibility index (Phi) is 3.03. The lowest BCUT2D eigenvalue weighted by atomic mass is 10.3. The van der Waals surface area contributed by atoms with Crippen LogP contribution in [0.25, 0.3) is 0 Å². The van der Waals surface area contributed by atoms with Gasteiger partial charge in [-0.15, -0.1) is 11.3 Å². The van der Waals surface area contributed by atoms with Crippen molar-refractivity contribution in [2.75, 3.05) is 7.05 Å². The Labute approximate surface area is 98.8 Å². The van der Waals surface area contributed by atoms with Crippen LogP contribution in [0.3, 0.4) is 0 Å². The summed E-state index contributed by atoms with van der Waals surface area (Å²) in [6, 6.07) is 3.85. The van der Waals surface area contributed by atoms with Gasteiger partial charge in [-0.3, -0.25) is 4.79 Å². The van der Waals surface area contributed by atoms with Crippen molar-refractivity contribution < 1.29 is 4.79 Å². The van der Waals surface area contributed by atoms with Gasteiger partial charge in [0.1, 0.15) is 0 Å². The largest absolute Gasteiger partial charge is 0.340 e. The number of thiophene rings is 1. The Morgan fingerprint density at radius 3 is 2.80 bits per heavy atom. The smallest absolute Gasteiger partial charge is 0.226 e. The second-order valence-electron chi connectivity index (χ2n) is 4.22. The molecule has 1 aliphatic carbocycles. The van der Waals surface area contributed by atoms with E-state index in [1.54, 1.807) is 4.90 Å². The van der Waals surface area contributed by atoms with E-state index < -0.39 is 0 Å². The lowest BCUT2D eigenvalue weighted by molar-refractivity contribution is -0.132. The average Bonchev–Trinajstić information content (AvgIpc) is 2.77. The van der Waals surface area contributed by atoms with E-state index in [0.717, 1.165) is 15.6 Å². The molecule has 0 saturated heterocycles. The monoisotopic (exact) mass is 243 g/mol. The molecule has 0 radical (unpaired) electrons. The molecule has 1 saturated carbocycles. The summed E-state index contributed by atoms with van der Waals surface area (Å²) in [5.74, 6) is 1.12. The van der Waals surface area contributed by atoms with E-state index in [0.29, 0.717) is 12.5 Å². The van der Waals surface area contributed by atoms with Gasteiger partial charge in [-0.25, -0.2) is 0 Å². The van der Waals surface area contributed by atoms with E-state index in [1.807, 2.05) is 19.2 Å². The quantitative estimate of drug-likeness (QED) is 0.799. The molecule has 0 aliphatic heterocycles. The fourth-order valence-corrected chi connectivity index (χ4v) is 2.84. The zero-order chi connectivity index (χ0) is 11.0. The van der Waals surface area contributed by atoms with Crippen molar-refractivity contribution in [2.45, 2.75) is 19.9 Å². The summed E-state index contributed by atoms with van der Waals surface area (Å²) in [4.78, 5) is 14.8. The molecule has 0 N–H and O–H groups in total. The van der Waals surface area contributed by atoms with Crippen molar-refractivity contribution in [2.24, 2.45) is 11.8 Å². The highest BCUT2D eigenvalue weighted by atomic mass is 35.5. The molecule has 1 amide bonds. The lowest BCUT2D eigenvalue weighted by Gasteiger charge is -2.15. The predicted molar refractivity (Wildman–Crippen MR) is 63.1 cm³/mol. The van der Waals surface area contributed by atoms with Crippen molar-refractivity contribution in [1.82, 2.24) is 4.90 Å². The molecule has 1 aliphatic rings. The van der Waals surface area contributed by atoms with Gasteiger partial charge >= 0.3 is 0 Å². The SMILES string of the molecule is CC1CC1C(=O)N(C)Cc1ccc(Cl)s1. The number of halogens is 1. The minimum atomic E-state index is 0.269. The Morgan fingerprint density at radius 1 is 1.67 bits per heavy atom. The van der Waals surface area contributed by atoms with Crippen LogP contribution in [0.2, 0.25) is 4.34 Å². The maximum atomic E-state index is 11.8. The van der Waals surface area contributed by atoms with Gasteiger partial charge < -0.3 is 4.90 Å². The van der Waals surface area contributed by atoms with Crippen LogP contribution in [0.1, 0.15) is 18.2 Å². The molecule has 0 spiro atoms. The molecule has 1 aromatic heterocycles. The summed E-state index contributed by atoms with van der Waals surface area (Å²) in [5.41, 5.74) is 0. The Hall–Kier alpha value is -0.540. The standard InChI is InChI=1S/C11H14ClNOS/c1-7-5-9(7)11(14)13(2)6-8-3-4-10(12)15-8/h3-4,7,9H,5-6H2,1-2H3. The summed E-state index contributed by atoms with van der Waals surface area (Å²) >= 11 is 7.37. The molecule has 2 atom stereocenters. The molecule has 15 heavy (non-hydrogen) atoms. The summed E-state index contributed by atoms with van der Waals surface area (Å²) in [6.07, 6.45) is 1.05. The van der Waals surface area contributed by atoms with Crippen LogP contribution >= 0.6 is 22.9 Å². The van der Waals surface area contributed by atoms with Crippen molar-refractivity contribution in [1.29, 1.82) is 0 Å².